The second-order valence-electron chi connectivity index (χ2n) is 10.1. The molecule has 3 N–H and O–H groups in total. The van der Waals surface area contributed by atoms with Crippen LogP contribution in [-0.2, 0) is 36.8 Å². The minimum absolute atomic E-state index is 0.0835. The molecule has 2 aliphatic heterocycles. The van der Waals surface area contributed by atoms with E-state index in [4.69, 9.17) is 34.0 Å². The Morgan fingerprint density at radius 2 is 1.68 bits per heavy atom. The number of amides is 1. The van der Waals surface area contributed by atoms with Crippen LogP contribution in [0.3, 0.4) is 0 Å². The molecule has 218 valence electrons. The lowest BCUT2D eigenvalue weighted by molar-refractivity contribution is -0.190. The minimum atomic E-state index is -1.82. The number of fused-ring (bicyclic) bond motifs is 2. The van der Waals surface area contributed by atoms with Gasteiger partial charge in [-0.25, -0.2) is 9.59 Å². The standard InChI is InChI=1S/C29H34N2O4.C2H2O4/c1-30-29(32)27-16-20-7-3-4-8-22(20)17-31(27)14-6-11-28-34-18-23(19-35-28)25-10-5-9-21-15-24(33-2)12-13-26(21)25;3-1(4)2(5)6/h3-5,7-10,12-13,15,23,27-28H,6,11,14,16-19H2,1-2H3,(H,30,32);(H,3,4)(H,5,6). The third kappa shape index (κ3) is 7.60. The number of carboxylic acids is 2. The van der Waals surface area contributed by atoms with Crippen LogP contribution in [0.4, 0.5) is 0 Å². The van der Waals surface area contributed by atoms with Gasteiger partial charge in [0.25, 0.3) is 0 Å². The quantitative estimate of drug-likeness (QED) is 0.369. The van der Waals surface area contributed by atoms with Crippen molar-refractivity contribution < 1.29 is 38.8 Å². The fraction of sp³-hybridized carbons (Fsp3) is 0.387. The summed E-state index contributed by atoms with van der Waals surface area (Å²) in [6, 6.07) is 20.9. The molecule has 2 aliphatic rings. The normalized spacial score (nSPS) is 20.3. The average molecular weight is 565 g/mol. The molecule has 3 aromatic carbocycles. The number of carbonyl (C=O) groups is 3. The molecule has 1 amide bonds. The van der Waals surface area contributed by atoms with Crippen LogP contribution in [-0.4, -0.2) is 79.2 Å². The number of hydrogen-bond acceptors (Lipinski definition) is 7. The molecule has 5 rings (SSSR count). The lowest BCUT2D eigenvalue weighted by atomic mass is 9.93. The van der Waals surface area contributed by atoms with Gasteiger partial charge in [0.05, 0.1) is 26.4 Å². The van der Waals surface area contributed by atoms with E-state index < -0.39 is 11.9 Å². The fourth-order valence-electron chi connectivity index (χ4n) is 5.36. The fourth-order valence-corrected chi connectivity index (χ4v) is 5.36. The lowest BCUT2D eigenvalue weighted by Gasteiger charge is -2.36. The summed E-state index contributed by atoms with van der Waals surface area (Å²) in [5.41, 5.74) is 3.84. The van der Waals surface area contributed by atoms with Gasteiger partial charge in [0.15, 0.2) is 6.29 Å². The number of ether oxygens (including phenoxy) is 3. The molecule has 10 nitrogen and oxygen atoms in total. The highest BCUT2D eigenvalue weighted by molar-refractivity contribution is 6.27. The summed E-state index contributed by atoms with van der Waals surface area (Å²) < 4.78 is 17.6. The molecule has 2 heterocycles. The van der Waals surface area contributed by atoms with Gasteiger partial charge in [-0.15, -0.1) is 0 Å². The van der Waals surface area contributed by atoms with Gasteiger partial charge in [0.2, 0.25) is 5.91 Å². The molecule has 1 saturated heterocycles. The summed E-state index contributed by atoms with van der Waals surface area (Å²) >= 11 is 0. The van der Waals surface area contributed by atoms with Crippen molar-refractivity contribution in [1.29, 1.82) is 0 Å². The summed E-state index contributed by atoms with van der Waals surface area (Å²) in [7, 11) is 3.41. The Morgan fingerprint density at radius 3 is 2.34 bits per heavy atom. The van der Waals surface area contributed by atoms with Crippen LogP contribution >= 0.6 is 0 Å². The van der Waals surface area contributed by atoms with E-state index in [2.05, 4.69) is 64.8 Å². The van der Waals surface area contributed by atoms with Gasteiger partial charge in [-0.05, 0) is 65.4 Å². The maximum atomic E-state index is 12.5. The van der Waals surface area contributed by atoms with Crippen LogP contribution in [0.15, 0.2) is 60.7 Å². The minimum Gasteiger partial charge on any atom is -0.497 e. The third-order valence-electron chi connectivity index (χ3n) is 7.49. The largest absolute Gasteiger partial charge is 0.497 e. The van der Waals surface area contributed by atoms with Crippen molar-refractivity contribution >= 4 is 28.6 Å². The maximum absolute atomic E-state index is 12.5. The first-order valence-corrected chi connectivity index (χ1v) is 13.6. The van der Waals surface area contributed by atoms with Gasteiger partial charge in [-0.3, -0.25) is 9.69 Å². The second-order valence-corrected chi connectivity index (χ2v) is 10.1. The Bertz CT molecular complexity index is 1360. The molecule has 3 aromatic rings. The van der Waals surface area contributed by atoms with Crippen LogP contribution in [0.2, 0.25) is 0 Å². The van der Waals surface area contributed by atoms with Gasteiger partial charge in [-0.2, -0.15) is 0 Å². The molecule has 0 spiro atoms. The Morgan fingerprint density at radius 1 is 0.976 bits per heavy atom. The molecule has 0 radical (unpaired) electrons. The lowest BCUT2D eigenvalue weighted by Crippen LogP contribution is -2.49. The number of carboxylic acid groups (broad SMARTS) is 2. The summed E-state index contributed by atoms with van der Waals surface area (Å²) in [5, 5.41) is 20.0. The summed E-state index contributed by atoms with van der Waals surface area (Å²) in [6.45, 7) is 2.93. The van der Waals surface area contributed by atoms with Crippen molar-refractivity contribution in [2.75, 3.05) is 33.9 Å². The number of nitrogens with one attached hydrogen (secondary N) is 1. The average Bonchev–Trinajstić information content (AvgIpc) is 3.00. The summed E-state index contributed by atoms with van der Waals surface area (Å²) in [4.78, 5) is 33.0. The summed E-state index contributed by atoms with van der Waals surface area (Å²) in [5.74, 6) is -2.49. The highest BCUT2D eigenvalue weighted by atomic mass is 16.7. The van der Waals surface area contributed by atoms with E-state index in [1.807, 2.05) is 6.07 Å². The number of hydrogen-bond donors (Lipinski definition) is 3. The number of methoxy groups -OCH3 is 1. The second kappa shape index (κ2) is 14.1. The van der Waals surface area contributed by atoms with Crippen LogP contribution in [0.1, 0.15) is 35.4 Å². The van der Waals surface area contributed by atoms with Crippen molar-refractivity contribution in [2.45, 2.75) is 44.1 Å². The maximum Gasteiger partial charge on any atom is 0.414 e. The molecule has 0 bridgehead atoms. The highest BCUT2D eigenvalue weighted by Gasteiger charge is 2.31. The van der Waals surface area contributed by atoms with Crippen molar-refractivity contribution in [3.63, 3.8) is 0 Å². The van der Waals surface area contributed by atoms with Gasteiger partial charge in [0, 0.05) is 19.5 Å². The number of rotatable bonds is 7. The Labute approximate surface area is 238 Å². The number of likely N-dealkylation sites (N-methyl/N-ethyl adjacent to an activating group) is 1. The molecule has 0 saturated carbocycles. The molecule has 41 heavy (non-hydrogen) atoms. The van der Waals surface area contributed by atoms with E-state index in [9.17, 15) is 4.79 Å². The zero-order chi connectivity index (χ0) is 29.4. The molecule has 1 fully saturated rings. The van der Waals surface area contributed by atoms with E-state index in [1.54, 1.807) is 14.2 Å². The third-order valence-corrected chi connectivity index (χ3v) is 7.49. The first-order valence-electron chi connectivity index (χ1n) is 13.6. The van der Waals surface area contributed by atoms with Crippen LogP contribution in [0, 0.1) is 0 Å². The van der Waals surface area contributed by atoms with Gasteiger partial charge in [0.1, 0.15) is 5.75 Å². The Hall–Kier alpha value is -3.99. The molecule has 1 unspecified atom stereocenters. The first-order chi connectivity index (χ1) is 19.8. The number of nitrogens with zero attached hydrogens (tertiary/aromatic N) is 1. The highest BCUT2D eigenvalue weighted by Crippen LogP contribution is 2.32. The predicted octanol–water partition coefficient (Wildman–Crippen LogP) is 3.41. The van der Waals surface area contributed by atoms with Crippen molar-refractivity contribution in [2.24, 2.45) is 0 Å². The first kappa shape index (κ1) is 30.0. The molecular weight excluding hydrogens is 528 g/mol. The smallest absolute Gasteiger partial charge is 0.414 e. The van der Waals surface area contributed by atoms with E-state index >= 15 is 0 Å². The molecular formula is C31H36N2O8. The van der Waals surface area contributed by atoms with Gasteiger partial charge < -0.3 is 29.7 Å². The molecule has 1 atom stereocenters. The van der Waals surface area contributed by atoms with E-state index in [-0.39, 0.29) is 24.2 Å². The molecule has 10 heteroatoms. The SMILES string of the molecule is CNC(=O)C1Cc2ccccc2CN1CCCC1OCC(c2cccc3cc(OC)ccc23)CO1.O=C(O)C(=O)O. The Balaban J connectivity index is 0.000000585. The van der Waals surface area contributed by atoms with E-state index in [0.29, 0.717) is 13.2 Å². The van der Waals surface area contributed by atoms with Crippen LogP contribution in [0.25, 0.3) is 10.8 Å². The topological polar surface area (TPSA) is 135 Å². The van der Waals surface area contributed by atoms with Gasteiger partial charge >= 0.3 is 11.9 Å². The van der Waals surface area contributed by atoms with E-state index in [1.165, 1.54) is 22.1 Å². The zero-order valence-electron chi connectivity index (χ0n) is 23.2. The number of aliphatic carboxylic acids is 2. The Kier molecular flexibility index (Phi) is 10.3. The molecule has 0 aliphatic carbocycles. The number of carbonyl (C=O) groups excluding carboxylic acids is 1. The van der Waals surface area contributed by atoms with Gasteiger partial charge in [-0.1, -0.05) is 48.5 Å². The molecule has 0 aromatic heterocycles. The summed E-state index contributed by atoms with van der Waals surface area (Å²) in [6.07, 6.45) is 2.29. The van der Waals surface area contributed by atoms with Crippen molar-refractivity contribution in [3.8, 4) is 5.75 Å². The zero-order valence-corrected chi connectivity index (χ0v) is 23.2. The van der Waals surface area contributed by atoms with Crippen molar-refractivity contribution in [3.05, 3.63) is 77.4 Å². The number of benzene rings is 3. The monoisotopic (exact) mass is 564 g/mol. The van der Waals surface area contributed by atoms with Crippen LogP contribution in [0.5, 0.6) is 5.75 Å². The van der Waals surface area contributed by atoms with Crippen molar-refractivity contribution in [1.82, 2.24) is 10.2 Å². The van der Waals surface area contributed by atoms with E-state index in [0.717, 1.165) is 43.5 Å². The van der Waals surface area contributed by atoms with Crippen LogP contribution < -0.4 is 10.1 Å². The predicted molar refractivity (Wildman–Crippen MR) is 152 cm³/mol.